The van der Waals surface area contributed by atoms with E-state index in [9.17, 15) is 4.79 Å². The second-order valence-corrected chi connectivity index (χ2v) is 6.46. The molecule has 0 aliphatic carbocycles. The predicted octanol–water partition coefficient (Wildman–Crippen LogP) is 4.05. The maximum Gasteiger partial charge on any atom is 0.254 e. The molecule has 0 N–H and O–H groups in total. The quantitative estimate of drug-likeness (QED) is 0.725. The first-order chi connectivity index (χ1) is 12.2. The number of pyridine rings is 1. The Bertz CT molecular complexity index is 867. The number of amides is 1. The van der Waals surface area contributed by atoms with Gasteiger partial charge < -0.3 is 13.9 Å². The van der Waals surface area contributed by atoms with Crippen LogP contribution in [-0.4, -0.2) is 26.9 Å². The summed E-state index contributed by atoms with van der Waals surface area (Å²) in [7, 11) is 2.04. The highest BCUT2D eigenvalue weighted by molar-refractivity contribution is 5.95. The molecule has 3 aromatic rings. The van der Waals surface area contributed by atoms with Crippen molar-refractivity contribution in [3.63, 3.8) is 0 Å². The number of carbonyl (C=O) groups excluding carboxylic acids is 1. The van der Waals surface area contributed by atoms with Gasteiger partial charge in [-0.25, -0.2) is 0 Å². The molecule has 1 fully saturated rings. The minimum absolute atomic E-state index is 0.0566. The van der Waals surface area contributed by atoms with Crippen molar-refractivity contribution in [2.24, 2.45) is 7.05 Å². The number of likely N-dealkylation sites (tertiary alicyclic amines) is 1. The Morgan fingerprint density at radius 3 is 2.92 bits per heavy atom. The lowest BCUT2D eigenvalue weighted by molar-refractivity contribution is 0.0602. The van der Waals surface area contributed by atoms with E-state index in [2.05, 4.69) is 15.6 Å². The van der Waals surface area contributed by atoms with Gasteiger partial charge in [-0.15, -0.1) is 0 Å². The van der Waals surface area contributed by atoms with Crippen molar-refractivity contribution < 1.29 is 9.21 Å². The molecule has 1 amide bonds. The molecule has 4 rings (SSSR count). The molecule has 5 nitrogen and oxygen atoms in total. The minimum Gasteiger partial charge on any atom is -0.463 e. The number of nitrogens with zero attached hydrogens (tertiary/aromatic N) is 3. The number of aromatic nitrogens is 2. The van der Waals surface area contributed by atoms with Crippen LogP contribution in [0.4, 0.5) is 0 Å². The van der Waals surface area contributed by atoms with Gasteiger partial charge in [0.05, 0.1) is 12.3 Å². The summed E-state index contributed by atoms with van der Waals surface area (Å²) in [5.41, 5.74) is 2.53. The molecule has 4 heterocycles. The van der Waals surface area contributed by atoms with Crippen LogP contribution in [0.1, 0.15) is 41.4 Å². The summed E-state index contributed by atoms with van der Waals surface area (Å²) in [6.07, 6.45) is 8.51. The Labute approximate surface area is 146 Å². The van der Waals surface area contributed by atoms with Gasteiger partial charge in [0.25, 0.3) is 5.91 Å². The van der Waals surface area contributed by atoms with E-state index in [-0.39, 0.29) is 11.9 Å². The summed E-state index contributed by atoms with van der Waals surface area (Å²) < 4.78 is 7.51. The average Bonchev–Trinajstić information content (AvgIpc) is 3.33. The first kappa shape index (κ1) is 15.7. The number of furan rings is 1. The third-order valence-corrected chi connectivity index (χ3v) is 4.87. The second-order valence-electron chi connectivity index (χ2n) is 6.46. The number of rotatable bonds is 3. The fourth-order valence-corrected chi connectivity index (χ4v) is 3.59. The maximum absolute atomic E-state index is 13.2. The van der Waals surface area contributed by atoms with Crippen molar-refractivity contribution in [3.05, 3.63) is 66.3 Å². The highest BCUT2D eigenvalue weighted by Crippen LogP contribution is 2.32. The SMILES string of the molecule is Cn1cccc1C1CCCCN1C(=O)c1ccnc(-c2ccco2)c1. The van der Waals surface area contributed by atoms with E-state index in [0.29, 0.717) is 17.0 Å². The lowest BCUT2D eigenvalue weighted by atomic mass is 9.98. The molecule has 128 valence electrons. The van der Waals surface area contributed by atoms with Gasteiger partial charge in [0.1, 0.15) is 5.69 Å². The first-order valence-electron chi connectivity index (χ1n) is 8.66. The van der Waals surface area contributed by atoms with E-state index in [1.54, 1.807) is 18.5 Å². The van der Waals surface area contributed by atoms with Crippen LogP contribution in [0.3, 0.4) is 0 Å². The number of hydrogen-bond donors (Lipinski definition) is 0. The van der Waals surface area contributed by atoms with Gasteiger partial charge >= 0.3 is 0 Å². The zero-order valence-corrected chi connectivity index (χ0v) is 14.3. The van der Waals surface area contributed by atoms with Gasteiger partial charge in [0.2, 0.25) is 0 Å². The molecule has 3 aromatic heterocycles. The Kier molecular flexibility index (Phi) is 4.14. The molecule has 0 bridgehead atoms. The lowest BCUT2D eigenvalue weighted by Crippen LogP contribution is -2.39. The first-order valence-corrected chi connectivity index (χ1v) is 8.66. The molecule has 1 unspecified atom stereocenters. The van der Waals surface area contributed by atoms with Crippen molar-refractivity contribution in [1.82, 2.24) is 14.5 Å². The number of piperidine rings is 1. The molecule has 0 aromatic carbocycles. The maximum atomic E-state index is 13.2. The minimum atomic E-state index is 0.0566. The molecule has 1 aliphatic rings. The number of hydrogen-bond acceptors (Lipinski definition) is 3. The number of carbonyl (C=O) groups is 1. The van der Waals surface area contributed by atoms with Crippen LogP contribution in [0.2, 0.25) is 0 Å². The molecule has 1 atom stereocenters. The van der Waals surface area contributed by atoms with Crippen LogP contribution in [0.25, 0.3) is 11.5 Å². The fourth-order valence-electron chi connectivity index (χ4n) is 3.59. The fraction of sp³-hybridized carbons (Fsp3) is 0.300. The van der Waals surface area contributed by atoms with Crippen LogP contribution in [0.15, 0.2) is 59.5 Å². The van der Waals surface area contributed by atoms with Gasteiger partial charge in [0, 0.05) is 37.2 Å². The van der Waals surface area contributed by atoms with Crippen LogP contribution in [0.5, 0.6) is 0 Å². The van der Waals surface area contributed by atoms with E-state index in [0.717, 1.165) is 25.8 Å². The van der Waals surface area contributed by atoms with Crippen LogP contribution < -0.4 is 0 Å². The molecule has 1 aliphatic heterocycles. The Balaban J connectivity index is 1.65. The molecule has 0 saturated carbocycles. The Hall–Kier alpha value is -2.82. The summed E-state index contributed by atoms with van der Waals surface area (Å²) >= 11 is 0. The van der Waals surface area contributed by atoms with Gasteiger partial charge in [-0.1, -0.05) is 0 Å². The molecular formula is C20H21N3O2. The summed E-state index contributed by atoms with van der Waals surface area (Å²) in [4.78, 5) is 19.5. The molecule has 1 saturated heterocycles. The van der Waals surface area contributed by atoms with Crippen molar-refractivity contribution in [2.45, 2.75) is 25.3 Å². The summed E-state index contributed by atoms with van der Waals surface area (Å²) in [5, 5.41) is 0. The van der Waals surface area contributed by atoms with E-state index < -0.39 is 0 Å². The van der Waals surface area contributed by atoms with E-state index in [1.165, 1.54) is 5.69 Å². The highest BCUT2D eigenvalue weighted by atomic mass is 16.3. The van der Waals surface area contributed by atoms with Crippen molar-refractivity contribution >= 4 is 5.91 Å². The third-order valence-electron chi connectivity index (χ3n) is 4.87. The summed E-state index contributed by atoms with van der Waals surface area (Å²) in [5.74, 6) is 0.730. The van der Waals surface area contributed by atoms with Crippen LogP contribution >= 0.6 is 0 Å². The van der Waals surface area contributed by atoms with Gasteiger partial charge in [-0.05, 0) is 55.7 Å². The normalized spacial score (nSPS) is 17.6. The standard InChI is InChI=1S/C20H21N3O2/c1-22-11-4-7-17(22)18-6-2-3-12-23(18)20(24)15-9-10-21-16(14-15)19-8-5-13-25-19/h4-5,7-11,13-14,18H,2-3,6,12H2,1H3. The molecular weight excluding hydrogens is 314 g/mol. The second kappa shape index (κ2) is 6.59. The van der Waals surface area contributed by atoms with Crippen molar-refractivity contribution in [2.75, 3.05) is 6.54 Å². The average molecular weight is 335 g/mol. The third kappa shape index (κ3) is 2.97. The van der Waals surface area contributed by atoms with Crippen molar-refractivity contribution in [3.8, 4) is 11.5 Å². The Morgan fingerprint density at radius 1 is 1.24 bits per heavy atom. The summed E-state index contributed by atoms with van der Waals surface area (Å²) in [6, 6.07) is 11.5. The van der Waals surface area contributed by atoms with E-state index in [4.69, 9.17) is 4.42 Å². The summed E-state index contributed by atoms with van der Waals surface area (Å²) in [6.45, 7) is 0.785. The topological polar surface area (TPSA) is 51.3 Å². The molecule has 5 heteroatoms. The van der Waals surface area contributed by atoms with Gasteiger partial charge in [-0.2, -0.15) is 0 Å². The Morgan fingerprint density at radius 2 is 2.16 bits per heavy atom. The van der Waals surface area contributed by atoms with Crippen LogP contribution in [-0.2, 0) is 7.05 Å². The zero-order valence-electron chi connectivity index (χ0n) is 14.3. The highest BCUT2D eigenvalue weighted by Gasteiger charge is 2.30. The smallest absolute Gasteiger partial charge is 0.254 e. The predicted molar refractivity (Wildman–Crippen MR) is 95.0 cm³/mol. The number of aryl methyl sites for hydroxylation is 1. The molecule has 0 spiro atoms. The zero-order chi connectivity index (χ0) is 17.2. The van der Waals surface area contributed by atoms with E-state index >= 15 is 0 Å². The van der Waals surface area contributed by atoms with Crippen LogP contribution in [0, 0.1) is 0 Å². The molecule has 25 heavy (non-hydrogen) atoms. The van der Waals surface area contributed by atoms with Gasteiger partial charge in [-0.3, -0.25) is 9.78 Å². The largest absolute Gasteiger partial charge is 0.463 e. The monoisotopic (exact) mass is 335 g/mol. The van der Waals surface area contributed by atoms with Gasteiger partial charge in [0.15, 0.2) is 5.76 Å². The molecule has 0 radical (unpaired) electrons. The lowest BCUT2D eigenvalue weighted by Gasteiger charge is -2.36. The van der Waals surface area contributed by atoms with E-state index in [1.807, 2.05) is 42.4 Å². The van der Waals surface area contributed by atoms with Crippen molar-refractivity contribution in [1.29, 1.82) is 0 Å².